The molecule has 35 heavy (non-hydrogen) atoms. The number of rotatable bonds is 4. The van der Waals surface area contributed by atoms with E-state index in [0.717, 1.165) is 4.47 Å². The minimum absolute atomic E-state index is 0.158. The van der Waals surface area contributed by atoms with E-state index in [1.807, 2.05) is 24.3 Å². The molecular formula is C27H20BrCl2NO4. The van der Waals surface area contributed by atoms with Crippen molar-refractivity contribution in [3.8, 4) is 0 Å². The first-order valence-corrected chi connectivity index (χ1v) is 12.7. The molecule has 0 radical (unpaired) electrons. The van der Waals surface area contributed by atoms with Crippen LogP contribution in [0, 0.1) is 5.41 Å². The number of ether oxygens (including phenoxy) is 1. The molecule has 178 valence electrons. The maximum absolute atomic E-state index is 14.3. The largest absolute Gasteiger partial charge is 0.465 e. The highest BCUT2D eigenvalue weighted by Gasteiger charge is 2.69. The number of hydrogen-bond donors (Lipinski definition) is 1. The van der Waals surface area contributed by atoms with E-state index >= 15 is 0 Å². The summed E-state index contributed by atoms with van der Waals surface area (Å²) in [5.41, 5.74) is 0.203. The Bertz CT molecular complexity index is 1320. The number of Topliss-reactive ketones (excluding diaryl/α,β-unsaturated/α-hetero) is 2. The van der Waals surface area contributed by atoms with Crippen molar-refractivity contribution in [2.75, 3.05) is 6.61 Å². The Labute approximate surface area is 220 Å². The molecule has 0 bridgehead atoms. The normalized spacial score (nSPS) is 22.5. The van der Waals surface area contributed by atoms with Crippen LogP contribution in [-0.4, -0.2) is 30.2 Å². The van der Waals surface area contributed by atoms with Gasteiger partial charge < -0.3 is 4.74 Å². The van der Waals surface area contributed by atoms with E-state index in [-0.39, 0.29) is 18.2 Å². The molecule has 5 rings (SSSR count). The lowest BCUT2D eigenvalue weighted by atomic mass is 9.64. The molecule has 0 unspecified atom stereocenters. The maximum atomic E-state index is 14.3. The molecule has 3 aromatic rings. The molecule has 0 aromatic heterocycles. The molecule has 8 heteroatoms. The van der Waals surface area contributed by atoms with Gasteiger partial charge in [0.1, 0.15) is 11.5 Å². The Kier molecular flexibility index (Phi) is 6.34. The SMILES string of the molecule is CCOC(=O)[C@@H]1N[C@@H](c2ccc(Cl)cc2Cl)C2(C(=O)c3ccccc3C2=O)[C@H]1c1ccc(Br)cc1. The molecule has 0 saturated carbocycles. The van der Waals surface area contributed by atoms with E-state index in [0.29, 0.717) is 32.3 Å². The Morgan fingerprint density at radius 2 is 1.63 bits per heavy atom. The summed E-state index contributed by atoms with van der Waals surface area (Å²) in [6, 6.07) is 17.1. The van der Waals surface area contributed by atoms with Crippen LogP contribution in [0.4, 0.5) is 0 Å². The van der Waals surface area contributed by atoms with Gasteiger partial charge >= 0.3 is 5.97 Å². The van der Waals surface area contributed by atoms with Crippen LogP contribution in [0.2, 0.25) is 10.0 Å². The maximum Gasteiger partial charge on any atom is 0.323 e. The lowest BCUT2D eigenvalue weighted by Crippen LogP contribution is -2.43. The van der Waals surface area contributed by atoms with Crippen molar-refractivity contribution in [2.45, 2.75) is 24.9 Å². The number of hydrogen-bond acceptors (Lipinski definition) is 5. The zero-order valence-corrected chi connectivity index (χ0v) is 21.7. The van der Waals surface area contributed by atoms with E-state index in [1.165, 1.54) is 0 Å². The summed E-state index contributed by atoms with van der Waals surface area (Å²) in [5.74, 6) is -2.06. The predicted molar refractivity (Wildman–Crippen MR) is 137 cm³/mol. The molecule has 1 aliphatic heterocycles. The minimum Gasteiger partial charge on any atom is -0.465 e. The monoisotopic (exact) mass is 571 g/mol. The Balaban J connectivity index is 1.81. The van der Waals surface area contributed by atoms with Gasteiger partial charge in [-0.15, -0.1) is 0 Å². The Morgan fingerprint density at radius 1 is 1.00 bits per heavy atom. The average Bonchev–Trinajstić information content (AvgIpc) is 3.30. The molecule has 2 aliphatic rings. The lowest BCUT2D eigenvalue weighted by Gasteiger charge is -2.34. The number of benzene rings is 3. The zero-order valence-electron chi connectivity index (χ0n) is 18.6. The molecule has 1 spiro atoms. The van der Waals surface area contributed by atoms with Crippen LogP contribution >= 0.6 is 39.1 Å². The minimum atomic E-state index is -1.65. The van der Waals surface area contributed by atoms with Gasteiger partial charge in [-0.25, -0.2) is 0 Å². The molecule has 1 saturated heterocycles. The average molecular weight is 573 g/mol. The molecule has 1 fully saturated rings. The molecule has 3 aromatic carbocycles. The van der Waals surface area contributed by atoms with Gasteiger partial charge in [0.15, 0.2) is 11.6 Å². The van der Waals surface area contributed by atoms with Gasteiger partial charge in [0.05, 0.1) is 12.6 Å². The van der Waals surface area contributed by atoms with Gasteiger partial charge in [-0.05, 0) is 42.3 Å². The molecule has 1 N–H and O–H groups in total. The van der Waals surface area contributed by atoms with Crippen molar-refractivity contribution >= 4 is 56.7 Å². The van der Waals surface area contributed by atoms with Gasteiger partial charge in [0.2, 0.25) is 0 Å². The number of fused-ring (bicyclic) bond motifs is 1. The van der Waals surface area contributed by atoms with Crippen LogP contribution in [0.5, 0.6) is 0 Å². The van der Waals surface area contributed by atoms with Crippen molar-refractivity contribution in [3.05, 3.63) is 104 Å². The van der Waals surface area contributed by atoms with Crippen LogP contribution in [0.3, 0.4) is 0 Å². The second-order valence-electron chi connectivity index (χ2n) is 8.60. The fourth-order valence-electron chi connectivity index (χ4n) is 5.45. The standard InChI is InChI=1S/C27H20BrCl2NO4/c1-2-35-26(34)22-21(14-7-9-15(28)10-8-14)27(23(31-22)19-12-11-16(29)13-20(19)30)24(32)17-5-3-4-6-18(17)25(27)33/h3-13,21-23,31H,2H2,1H3/t21-,22+,23-/m0/s1. The number of halogens is 3. The first-order chi connectivity index (χ1) is 16.8. The van der Waals surface area contributed by atoms with E-state index in [2.05, 4.69) is 21.2 Å². The summed E-state index contributed by atoms with van der Waals surface area (Å²) in [4.78, 5) is 41.8. The molecular weight excluding hydrogens is 553 g/mol. The highest BCUT2D eigenvalue weighted by atomic mass is 79.9. The highest BCUT2D eigenvalue weighted by Crippen LogP contribution is 2.60. The van der Waals surface area contributed by atoms with Crippen LogP contribution in [-0.2, 0) is 9.53 Å². The Hall–Kier alpha value is -2.51. The number of esters is 1. The van der Waals surface area contributed by atoms with Crippen LogP contribution < -0.4 is 5.32 Å². The molecule has 0 amide bonds. The third-order valence-corrected chi connectivity index (χ3v) is 7.93. The summed E-state index contributed by atoms with van der Waals surface area (Å²) in [6.07, 6.45) is 0. The third kappa shape index (κ3) is 3.66. The lowest BCUT2D eigenvalue weighted by molar-refractivity contribution is -0.145. The predicted octanol–water partition coefficient (Wildman–Crippen LogP) is 6.18. The number of ketones is 2. The van der Waals surface area contributed by atoms with Crippen molar-refractivity contribution in [3.63, 3.8) is 0 Å². The number of carbonyl (C=O) groups excluding carboxylic acids is 3. The summed E-state index contributed by atoms with van der Waals surface area (Å²) >= 11 is 16.2. The van der Waals surface area contributed by atoms with Crippen molar-refractivity contribution in [1.29, 1.82) is 0 Å². The van der Waals surface area contributed by atoms with Crippen molar-refractivity contribution < 1.29 is 19.1 Å². The van der Waals surface area contributed by atoms with Gasteiger partial charge in [0, 0.05) is 31.6 Å². The molecule has 1 heterocycles. The van der Waals surface area contributed by atoms with Crippen molar-refractivity contribution in [2.24, 2.45) is 5.41 Å². The Morgan fingerprint density at radius 3 is 2.20 bits per heavy atom. The quantitative estimate of drug-likeness (QED) is 0.298. The number of carbonyl (C=O) groups is 3. The smallest absolute Gasteiger partial charge is 0.323 e. The summed E-state index contributed by atoms with van der Waals surface area (Å²) in [7, 11) is 0. The first-order valence-electron chi connectivity index (χ1n) is 11.1. The molecule has 1 aliphatic carbocycles. The van der Waals surface area contributed by atoms with Gasteiger partial charge in [-0.2, -0.15) is 0 Å². The van der Waals surface area contributed by atoms with E-state index in [4.69, 9.17) is 27.9 Å². The summed E-state index contributed by atoms with van der Waals surface area (Å²) < 4.78 is 6.23. The van der Waals surface area contributed by atoms with Crippen LogP contribution in [0.1, 0.15) is 50.7 Å². The first kappa shape index (κ1) is 24.2. The number of nitrogens with one attached hydrogen (secondary N) is 1. The van der Waals surface area contributed by atoms with Gasteiger partial charge in [-0.3, -0.25) is 19.7 Å². The third-order valence-electron chi connectivity index (χ3n) is 6.84. The summed E-state index contributed by atoms with van der Waals surface area (Å²) in [5, 5.41) is 4.01. The van der Waals surface area contributed by atoms with E-state index in [1.54, 1.807) is 49.4 Å². The fourth-order valence-corrected chi connectivity index (χ4v) is 6.24. The topological polar surface area (TPSA) is 72.5 Å². The van der Waals surface area contributed by atoms with Crippen LogP contribution in [0.15, 0.2) is 71.2 Å². The fraction of sp³-hybridized carbons (Fsp3) is 0.222. The molecule has 3 atom stereocenters. The van der Waals surface area contributed by atoms with E-state index < -0.39 is 29.4 Å². The second-order valence-corrected chi connectivity index (χ2v) is 10.4. The highest BCUT2D eigenvalue weighted by molar-refractivity contribution is 9.10. The van der Waals surface area contributed by atoms with Crippen LogP contribution in [0.25, 0.3) is 0 Å². The van der Waals surface area contributed by atoms with Gasteiger partial charge in [-0.1, -0.05) is 81.6 Å². The zero-order chi connectivity index (χ0) is 24.9. The van der Waals surface area contributed by atoms with Gasteiger partial charge in [0.25, 0.3) is 0 Å². The second kappa shape index (κ2) is 9.17. The van der Waals surface area contributed by atoms with E-state index in [9.17, 15) is 14.4 Å². The molecule has 5 nitrogen and oxygen atoms in total. The van der Waals surface area contributed by atoms with Crippen molar-refractivity contribution in [1.82, 2.24) is 5.32 Å². The summed E-state index contributed by atoms with van der Waals surface area (Å²) in [6.45, 7) is 1.87.